The molecule has 5 fully saturated rings. The monoisotopic (exact) mass is 843 g/mol. The Hall–Kier alpha value is -5.36. The van der Waals surface area contributed by atoms with E-state index in [9.17, 15) is 19.2 Å². The van der Waals surface area contributed by atoms with Gasteiger partial charge in [0.15, 0.2) is 0 Å². The molecule has 3 atom stereocenters. The number of carbonyl (C=O) groups excluding carboxylic acids is 4. The maximum Gasteiger partial charge on any atom is 0.262 e. The molecule has 4 amide bonds. The van der Waals surface area contributed by atoms with Crippen LogP contribution in [0.2, 0.25) is 0 Å². The molecule has 10 nitrogen and oxygen atoms in total. The number of piperazine rings is 1. The smallest absolute Gasteiger partial charge is 0.262 e. The lowest BCUT2D eigenvalue weighted by molar-refractivity contribution is -0.136. The predicted molar refractivity (Wildman–Crippen MR) is 234 cm³/mol. The number of carbonyl (C=O) groups is 4. The summed E-state index contributed by atoms with van der Waals surface area (Å²) >= 11 is 6.35. The second-order valence-electron chi connectivity index (χ2n) is 17.0. The number of alkyl halides is 1. The molecule has 6 aliphatic rings. The van der Waals surface area contributed by atoms with Crippen LogP contribution in [0.1, 0.15) is 82.4 Å². The first kappa shape index (κ1) is 41.0. The highest BCUT2D eigenvalue weighted by Gasteiger charge is 2.47. The average Bonchev–Trinajstić information content (AvgIpc) is 3.52. The highest BCUT2D eigenvalue weighted by Crippen LogP contribution is 2.39. The first-order valence-electron chi connectivity index (χ1n) is 21.7. The van der Waals surface area contributed by atoms with Gasteiger partial charge in [0.25, 0.3) is 11.8 Å². The van der Waals surface area contributed by atoms with E-state index in [1.165, 1.54) is 22.8 Å². The normalized spacial score (nSPS) is 22.7. The van der Waals surface area contributed by atoms with Crippen LogP contribution in [0, 0.1) is 11.7 Å². The third-order valence-electron chi connectivity index (χ3n) is 13.3. The summed E-state index contributed by atoms with van der Waals surface area (Å²) in [4.78, 5) is 59.0. The van der Waals surface area contributed by atoms with Crippen molar-refractivity contribution in [3.63, 3.8) is 0 Å². The molecule has 0 spiro atoms. The second-order valence-corrected chi connectivity index (χ2v) is 17.3. The highest BCUT2D eigenvalue weighted by atomic mass is 35.5. The number of benzene rings is 4. The molecule has 10 rings (SSSR count). The molecule has 316 valence electrons. The number of rotatable bonds is 13. The number of hydrogen-bond donors (Lipinski definition) is 1. The standard InChI is InChI=1S/C49H51ClFN5O5/c50-22-19-39(33-7-3-1-4-8-33)46(34-9-5-2-6-10-34)35-11-15-38(16-12-35)61-26-25-53-23-20-32(21-24-53)29-54-30-37-14-13-36(54)31-55(37)44-28-41-40(27-42(44)51)48(59)56(49(41)60)43-17-18-45(57)52-47(43)58/h1-12,15-16,27-28,32,36-37,43H,13-14,17-26,29-31H2,(H,52,57,58). The van der Waals surface area contributed by atoms with Crippen LogP contribution < -0.4 is 15.0 Å². The number of ether oxygens (including phenoxy) is 1. The zero-order chi connectivity index (χ0) is 42.0. The van der Waals surface area contributed by atoms with E-state index in [0.29, 0.717) is 30.6 Å². The molecule has 0 radical (unpaired) electrons. The number of imide groups is 2. The number of amides is 4. The van der Waals surface area contributed by atoms with Gasteiger partial charge in [0.2, 0.25) is 11.8 Å². The van der Waals surface area contributed by atoms with Crippen molar-refractivity contribution in [3.8, 4) is 5.75 Å². The molecule has 0 aromatic heterocycles. The SMILES string of the molecule is O=C1CCC(N2C(=O)c3cc(F)c(N4CC5CCC4CN5CC4CCN(CCOc5ccc(C(=C(CCCl)c6ccccc6)c6ccccc6)cc5)CC4)cc3C2=O)C(=O)N1. The van der Waals surface area contributed by atoms with E-state index in [4.69, 9.17) is 16.3 Å². The molecule has 4 aromatic rings. The number of likely N-dealkylation sites (tertiary alicyclic amines) is 1. The average molecular weight is 844 g/mol. The first-order chi connectivity index (χ1) is 29.7. The summed E-state index contributed by atoms with van der Waals surface area (Å²) in [5.74, 6) is -0.996. The number of halogens is 2. The summed E-state index contributed by atoms with van der Waals surface area (Å²) in [7, 11) is 0. The third kappa shape index (κ3) is 8.48. The molecular formula is C49H51ClFN5O5. The van der Waals surface area contributed by atoms with Crippen molar-refractivity contribution in [1.29, 1.82) is 0 Å². The minimum Gasteiger partial charge on any atom is -0.492 e. The van der Waals surface area contributed by atoms with Gasteiger partial charge in [-0.2, -0.15) is 0 Å². The maximum atomic E-state index is 15.8. The largest absolute Gasteiger partial charge is 0.492 e. The summed E-state index contributed by atoms with van der Waals surface area (Å²) < 4.78 is 22.0. The van der Waals surface area contributed by atoms with Crippen molar-refractivity contribution in [2.24, 2.45) is 5.92 Å². The van der Waals surface area contributed by atoms with Crippen molar-refractivity contribution in [2.45, 2.75) is 63.1 Å². The van der Waals surface area contributed by atoms with Gasteiger partial charge in [-0.3, -0.25) is 39.2 Å². The van der Waals surface area contributed by atoms with Crippen LogP contribution in [-0.4, -0.2) is 108 Å². The number of allylic oxidation sites excluding steroid dienone is 1. The van der Waals surface area contributed by atoms with Crippen LogP contribution in [0.3, 0.4) is 0 Å². The van der Waals surface area contributed by atoms with Crippen LogP contribution >= 0.6 is 11.6 Å². The van der Waals surface area contributed by atoms with E-state index >= 15 is 4.39 Å². The molecule has 2 bridgehead atoms. The van der Waals surface area contributed by atoms with Crippen LogP contribution in [0.5, 0.6) is 5.75 Å². The lowest BCUT2D eigenvalue weighted by atomic mass is 9.87. The predicted octanol–water partition coefficient (Wildman–Crippen LogP) is 7.26. The summed E-state index contributed by atoms with van der Waals surface area (Å²) in [5.41, 5.74) is 6.28. The maximum absolute atomic E-state index is 15.8. The van der Waals surface area contributed by atoms with Crippen molar-refractivity contribution in [2.75, 3.05) is 56.7 Å². The summed E-state index contributed by atoms with van der Waals surface area (Å²) in [6.07, 6.45) is 5.05. The van der Waals surface area contributed by atoms with Gasteiger partial charge in [-0.25, -0.2) is 4.39 Å². The molecule has 1 N–H and O–H groups in total. The minimum atomic E-state index is -1.08. The summed E-state index contributed by atoms with van der Waals surface area (Å²) in [6, 6.07) is 31.3. The van der Waals surface area contributed by atoms with Crippen LogP contribution in [0.4, 0.5) is 10.1 Å². The Kier molecular flexibility index (Phi) is 12.1. The Morgan fingerprint density at radius 3 is 2.07 bits per heavy atom. The van der Waals surface area contributed by atoms with Crippen LogP contribution in [0.15, 0.2) is 97.1 Å². The Labute approximate surface area is 361 Å². The Morgan fingerprint density at radius 1 is 0.754 bits per heavy atom. The quantitative estimate of drug-likeness (QED) is 0.0854. The molecule has 12 heteroatoms. The van der Waals surface area contributed by atoms with Crippen molar-refractivity contribution in [3.05, 3.63) is 131 Å². The van der Waals surface area contributed by atoms with Crippen molar-refractivity contribution < 1.29 is 28.3 Å². The van der Waals surface area contributed by atoms with Gasteiger partial charge in [0, 0.05) is 50.6 Å². The molecule has 6 aliphatic heterocycles. The fraction of sp³-hybridized carbons (Fsp3) is 0.388. The number of nitrogens with one attached hydrogen (secondary N) is 1. The highest BCUT2D eigenvalue weighted by molar-refractivity contribution is 6.24. The molecular weight excluding hydrogens is 793 g/mol. The van der Waals surface area contributed by atoms with Gasteiger partial charge in [0.1, 0.15) is 24.2 Å². The Bertz CT molecular complexity index is 2320. The zero-order valence-corrected chi connectivity index (χ0v) is 35.0. The lowest BCUT2D eigenvalue weighted by Crippen LogP contribution is -2.63. The molecule has 0 aliphatic carbocycles. The number of piperidine rings is 4. The molecule has 0 saturated carbocycles. The fourth-order valence-corrected chi connectivity index (χ4v) is 10.3. The topological polar surface area (TPSA) is 102 Å². The van der Waals surface area contributed by atoms with E-state index in [1.807, 2.05) is 12.1 Å². The number of hydrogen-bond acceptors (Lipinski definition) is 8. The van der Waals surface area contributed by atoms with Crippen LogP contribution in [0.25, 0.3) is 11.1 Å². The Balaban J connectivity index is 0.766. The van der Waals surface area contributed by atoms with Gasteiger partial charge in [-0.1, -0.05) is 72.8 Å². The zero-order valence-electron chi connectivity index (χ0n) is 34.2. The van der Waals surface area contributed by atoms with E-state index in [0.717, 1.165) is 92.7 Å². The summed E-state index contributed by atoms with van der Waals surface area (Å²) in [6.45, 7) is 6.03. The first-order valence-corrected chi connectivity index (χ1v) is 22.2. The van der Waals surface area contributed by atoms with E-state index in [1.54, 1.807) is 0 Å². The number of anilines is 1. The van der Waals surface area contributed by atoms with Crippen LogP contribution in [-0.2, 0) is 9.59 Å². The fourth-order valence-electron chi connectivity index (χ4n) is 10.1. The lowest BCUT2D eigenvalue weighted by Gasteiger charge is -2.53. The van der Waals surface area contributed by atoms with E-state index in [-0.39, 0.29) is 36.1 Å². The number of nitrogens with zero attached hydrogens (tertiary/aromatic N) is 4. The van der Waals surface area contributed by atoms with Gasteiger partial charge in [-0.15, -0.1) is 11.6 Å². The summed E-state index contributed by atoms with van der Waals surface area (Å²) in [5, 5.41) is 2.21. The van der Waals surface area contributed by atoms with E-state index < -0.39 is 35.5 Å². The van der Waals surface area contributed by atoms with Gasteiger partial charge >= 0.3 is 0 Å². The third-order valence-corrected chi connectivity index (χ3v) is 13.5. The Morgan fingerprint density at radius 2 is 1.41 bits per heavy atom. The van der Waals surface area contributed by atoms with E-state index in [2.05, 4.69) is 92.8 Å². The van der Waals surface area contributed by atoms with Gasteiger partial charge in [-0.05, 0) is 110 Å². The minimum absolute atomic E-state index is 0.0315. The molecule has 5 saturated heterocycles. The molecule has 6 heterocycles. The van der Waals surface area contributed by atoms with Gasteiger partial charge < -0.3 is 9.64 Å². The molecule has 61 heavy (non-hydrogen) atoms. The van der Waals surface area contributed by atoms with Gasteiger partial charge in [0.05, 0.1) is 16.8 Å². The number of fused-ring (bicyclic) bond motifs is 4. The second kappa shape index (κ2) is 17.9. The molecule has 3 unspecified atom stereocenters. The molecule has 4 aromatic carbocycles. The van der Waals surface area contributed by atoms with Crippen molar-refractivity contribution >= 4 is 52.1 Å². The van der Waals surface area contributed by atoms with Crippen molar-refractivity contribution in [1.82, 2.24) is 20.0 Å².